The van der Waals surface area contributed by atoms with Gasteiger partial charge in [0.15, 0.2) is 0 Å². The first kappa shape index (κ1) is 11.5. The molecule has 2 aromatic rings. The van der Waals surface area contributed by atoms with Gasteiger partial charge in [0.2, 0.25) is 0 Å². The maximum atomic E-state index is 12.4. The number of halogens is 2. The van der Waals surface area contributed by atoms with Crippen LogP contribution in [0.4, 0.5) is 14.6 Å². The van der Waals surface area contributed by atoms with Crippen LogP contribution in [-0.4, -0.2) is 21.0 Å². The van der Waals surface area contributed by atoms with Gasteiger partial charge in [-0.05, 0) is 12.1 Å². The number of para-hydroxylation sites is 1. The number of benzene rings is 1. The summed E-state index contributed by atoms with van der Waals surface area (Å²) in [6.07, 6.45) is -4.63. The van der Waals surface area contributed by atoms with Crippen molar-refractivity contribution < 1.29 is 13.9 Å². The fourth-order valence-corrected chi connectivity index (χ4v) is 1.53. The van der Waals surface area contributed by atoms with Crippen LogP contribution in [0.1, 0.15) is 5.69 Å². The molecule has 0 aliphatic heterocycles. The number of alkyl halides is 2. The highest BCUT2D eigenvalue weighted by Gasteiger charge is 2.26. The largest absolute Gasteiger partial charge is 0.384 e. The Balaban J connectivity index is 2.32. The number of nitrogen functional groups attached to an aromatic ring is 1. The lowest BCUT2D eigenvalue weighted by atomic mass is 10.3. The minimum atomic E-state index is -3.78. The first-order chi connectivity index (χ1) is 7.96. The van der Waals surface area contributed by atoms with E-state index in [2.05, 4.69) is 5.10 Å². The first-order valence-electron chi connectivity index (χ1n) is 4.96. The lowest BCUT2D eigenvalue weighted by Crippen LogP contribution is -2.18. The normalized spacial score (nSPS) is 11.7. The van der Waals surface area contributed by atoms with Crippen LogP contribution >= 0.6 is 0 Å². The van der Waals surface area contributed by atoms with E-state index in [1.54, 1.807) is 24.3 Å². The molecule has 0 radical (unpaired) electrons. The maximum absolute atomic E-state index is 12.4. The Hall–Kier alpha value is -1.95. The van der Waals surface area contributed by atoms with Crippen LogP contribution in [0.5, 0.6) is 0 Å². The Morgan fingerprint density at radius 3 is 2.53 bits per heavy atom. The minimum absolute atomic E-state index is 0.0406. The molecular formula is C11H11F2N3O. The van der Waals surface area contributed by atoms with E-state index in [1.807, 2.05) is 6.07 Å². The van der Waals surface area contributed by atoms with E-state index in [-0.39, 0.29) is 11.5 Å². The van der Waals surface area contributed by atoms with Gasteiger partial charge in [-0.15, -0.1) is 0 Å². The molecule has 4 nitrogen and oxygen atoms in total. The van der Waals surface area contributed by atoms with Gasteiger partial charge in [-0.25, -0.2) is 4.68 Å². The number of aliphatic hydroxyl groups is 1. The van der Waals surface area contributed by atoms with Gasteiger partial charge in [0, 0.05) is 6.07 Å². The molecule has 3 N–H and O–H groups in total. The van der Waals surface area contributed by atoms with Crippen LogP contribution in [0.15, 0.2) is 36.4 Å². The molecule has 0 amide bonds. The van der Waals surface area contributed by atoms with Crippen LogP contribution in [0.3, 0.4) is 0 Å². The summed E-state index contributed by atoms with van der Waals surface area (Å²) in [5, 5.41) is 12.3. The molecule has 2 rings (SSSR count). The van der Waals surface area contributed by atoms with Crippen molar-refractivity contribution >= 4 is 5.82 Å². The summed E-state index contributed by atoms with van der Waals surface area (Å²) in [6, 6.07) is 10.2. The summed E-state index contributed by atoms with van der Waals surface area (Å²) >= 11 is 0. The van der Waals surface area contributed by atoms with Gasteiger partial charge in [-0.3, -0.25) is 0 Å². The van der Waals surface area contributed by atoms with Gasteiger partial charge >= 0.3 is 6.11 Å². The molecule has 0 saturated heterocycles. The number of anilines is 1. The molecule has 0 fully saturated rings. The van der Waals surface area contributed by atoms with Gasteiger partial charge in [0.1, 0.15) is 5.82 Å². The molecule has 0 saturated carbocycles. The molecule has 17 heavy (non-hydrogen) atoms. The van der Waals surface area contributed by atoms with E-state index >= 15 is 0 Å². The summed E-state index contributed by atoms with van der Waals surface area (Å²) in [4.78, 5) is 0. The average molecular weight is 239 g/mol. The Labute approximate surface area is 96.3 Å². The van der Waals surface area contributed by atoms with Crippen molar-refractivity contribution in [3.05, 3.63) is 42.1 Å². The number of rotatable bonds is 3. The van der Waals surface area contributed by atoms with Crippen molar-refractivity contribution in [2.45, 2.75) is 12.5 Å². The van der Waals surface area contributed by atoms with Crippen molar-refractivity contribution in [1.82, 2.24) is 9.78 Å². The van der Waals surface area contributed by atoms with Gasteiger partial charge in [0.25, 0.3) is 0 Å². The molecule has 0 aliphatic carbocycles. The summed E-state index contributed by atoms with van der Waals surface area (Å²) < 4.78 is 26.2. The van der Waals surface area contributed by atoms with Crippen molar-refractivity contribution in [3.8, 4) is 5.69 Å². The molecular weight excluding hydrogens is 228 g/mol. The number of hydrogen-bond acceptors (Lipinski definition) is 3. The molecule has 0 atom stereocenters. The second kappa shape index (κ2) is 4.14. The second-order valence-electron chi connectivity index (χ2n) is 3.65. The Morgan fingerprint density at radius 2 is 1.94 bits per heavy atom. The highest BCUT2D eigenvalue weighted by molar-refractivity contribution is 5.42. The Morgan fingerprint density at radius 1 is 1.29 bits per heavy atom. The zero-order valence-electron chi connectivity index (χ0n) is 8.85. The number of aromatic nitrogens is 2. The third-order valence-electron chi connectivity index (χ3n) is 2.18. The molecule has 0 aliphatic rings. The molecule has 6 heteroatoms. The zero-order chi connectivity index (χ0) is 12.5. The van der Waals surface area contributed by atoms with Crippen molar-refractivity contribution in [2.75, 3.05) is 5.73 Å². The average Bonchev–Trinajstić information content (AvgIpc) is 2.58. The Kier molecular flexibility index (Phi) is 2.81. The predicted octanol–water partition coefficient (Wildman–Crippen LogP) is 1.58. The van der Waals surface area contributed by atoms with Gasteiger partial charge in [0.05, 0.1) is 17.8 Å². The molecule has 0 bridgehead atoms. The second-order valence-corrected chi connectivity index (χ2v) is 3.65. The van der Waals surface area contributed by atoms with Crippen LogP contribution in [-0.2, 0) is 6.42 Å². The quantitative estimate of drug-likeness (QED) is 0.854. The summed E-state index contributed by atoms with van der Waals surface area (Å²) in [5.41, 5.74) is 6.39. The van der Waals surface area contributed by atoms with Crippen molar-refractivity contribution in [3.63, 3.8) is 0 Å². The van der Waals surface area contributed by atoms with Crippen LogP contribution in [0.2, 0.25) is 0 Å². The third kappa shape index (κ3) is 2.79. The van der Waals surface area contributed by atoms with E-state index in [0.717, 1.165) is 0 Å². The van der Waals surface area contributed by atoms with Crippen molar-refractivity contribution in [2.24, 2.45) is 0 Å². The SMILES string of the molecule is Nc1cc(CC(O)(F)F)nn1-c1ccccc1. The predicted molar refractivity (Wildman–Crippen MR) is 58.8 cm³/mol. The molecule has 1 aromatic carbocycles. The summed E-state index contributed by atoms with van der Waals surface area (Å²) in [7, 11) is 0. The molecule has 1 heterocycles. The summed E-state index contributed by atoms with van der Waals surface area (Å²) in [5.74, 6) is 0.246. The van der Waals surface area contributed by atoms with Crippen molar-refractivity contribution in [1.29, 1.82) is 0 Å². The van der Waals surface area contributed by atoms with E-state index < -0.39 is 12.5 Å². The topological polar surface area (TPSA) is 64.1 Å². The van der Waals surface area contributed by atoms with E-state index in [4.69, 9.17) is 10.8 Å². The van der Waals surface area contributed by atoms with E-state index in [1.165, 1.54) is 10.7 Å². The highest BCUT2D eigenvalue weighted by Crippen LogP contribution is 2.19. The minimum Gasteiger partial charge on any atom is -0.384 e. The smallest absolute Gasteiger partial charge is 0.358 e. The van der Waals surface area contributed by atoms with E-state index in [0.29, 0.717) is 5.69 Å². The molecule has 1 aromatic heterocycles. The highest BCUT2D eigenvalue weighted by atomic mass is 19.3. The number of nitrogens with zero attached hydrogens (tertiary/aromatic N) is 2. The number of nitrogens with two attached hydrogens (primary N) is 1. The lowest BCUT2D eigenvalue weighted by Gasteiger charge is -2.05. The molecule has 0 unspecified atom stereocenters. The molecule has 0 spiro atoms. The van der Waals surface area contributed by atoms with Crippen LogP contribution in [0.25, 0.3) is 5.69 Å². The zero-order valence-corrected chi connectivity index (χ0v) is 8.85. The lowest BCUT2D eigenvalue weighted by molar-refractivity contribution is -0.197. The standard InChI is InChI=1S/C11H11F2N3O/c12-11(13,17)7-8-6-10(14)16(15-8)9-4-2-1-3-5-9/h1-6,17H,7,14H2. The monoisotopic (exact) mass is 239 g/mol. The fraction of sp³-hybridized carbons (Fsp3) is 0.182. The first-order valence-corrected chi connectivity index (χ1v) is 4.96. The third-order valence-corrected chi connectivity index (χ3v) is 2.18. The molecule has 90 valence electrons. The maximum Gasteiger partial charge on any atom is 0.358 e. The van der Waals surface area contributed by atoms with Crippen LogP contribution < -0.4 is 5.73 Å². The fourth-order valence-electron chi connectivity index (χ4n) is 1.53. The Bertz CT molecular complexity index is 505. The number of hydrogen-bond donors (Lipinski definition) is 2. The van der Waals surface area contributed by atoms with Gasteiger partial charge in [-0.2, -0.15) is 13.9 Å². The van der Waals surface area contributed by atoms with Crippen LogP contribution in [0, 0.1) is 0 Å². The van der Waals surface area contributed by atoms with E-state index in [9.17, 15) is 8.78 Å². The van der Waals surface area contributed by atoms with Gasteiger partial charge < -0.3 is 10.8 Å². The summed E-state index contributed by atoms with van der Waals surface area (Å²) in [6.45, 7) is 0. The van der Waals surface area contributed by atoms with Gasteiger partial charge in [-0.1, -0.05) is 18.2 Å².